The van der Waals surface area contributed by atoms with E-state index in [0.29, 0.717) is 18.8 Å². The molecule has 0 aromatic carbocycles. The maximum absolute atomic E-state index is 12.7. The van der Waals surface area contributed by atoms with Crippen LogP contribution < -0.4 is 5.32 Å². The lowest BCUT2D eigenvalue weighted by Crippen LogP contribution is -2.39. The summed E-state index contributed by atoms with van der Waals surface area (Å²) in [5, 5.41) is 5.13. The number of urea groups is 1. The van der Waals surface area contributed by atoms with Crippen molar-refractivity contribution in [2.75, 3.05) is 18.5 Å². The summed E-state index contributed by atoms with van der Waals surface area (Å²) in [7, 11) is 0. The van der Waals surface area contributed by atoms with Crippen molar-refractivity contribution >= 4 is 34.7 Å². The quantitative estimate of drug-likeness (QED) is 0.828. The van der Waals surface area contributed by atoms with Gasteiger partial charge in [0.05, 0.1) is 18.3 Å². The van der Waals surface area contributed by atoms with E-state index in [1.54, 1.807) is 34.6 Å². The van der Waals surface area contributed by atoms with Crippen LogP contribution in [0.1, 0.15) is 17.7 Å². The number of anilines is 1. The molecule has 1 unspecified atom stereocenters. The maximum Gasteiger partial charge on any atom is 0.322 e. The van der Waals surface area contributed by atoms with E-state index in [9.17, 15) is 4.79 Å². The smallest absolute Gasteiger partial charge is 0.322 e. The summed E-state index contributed by atoms with van der Waals surface area (Å²) in [5.41, 5.74) is 0.516. The Kier molecular flexibility index (Phi) is 5.48. The molecular formula is C16H18ClN3O2S. The van der Waals surface area contributed by atoms with Gasteiger partial charge in [-0.25, -0.2) is 9.78 Å². The number of nitrogens with zero attached hydrogens (tertiary/aromatic N) is 2. The van der Waals surface area contributed by atoms with Gasteiger partial charge in [-0.15, -0.1) is 11.3 Å². The molecule has 3 rings (SSSR count). The van der Waals surface area contributed by atoms with Crippen LogP contribution in [0.25, 0.3) is 0 Å². The molecule has 1 aliphatic heterocycles. The average molecular weight is 352 g/mol. The van der Waals surface area contributed by atoms with Crippen LogP contribution in [-0.4, -0.2) is 35.2 Å². The van der Waals surface area contributed by atoms with E-state index in [-0.39, 0.29) is 17.3 Å². The number of hydrogen-bond acceptors (Lipinski definition) is 4. The molecular weight excluding hydrogens is 334 g/mol. The molecule has 0 spiro atoms. The maximum atomic E-state index is 12.7. The van der Waals surface area contributed by atoms with Crippen molar-refractivity contribution in [3.8, 4) is 0 Å². The first-order valence-corrected chi connectivity index (χ1v) is 8.78. The molecule has 0 aliphatic carbocycles. The van der Waals surface area contributed by atoms with Crippen molar-refractivity contribution < 1.29 is 9.53 Å². The molecule has 2 aromatic rings. The molecule has 0 saturated carbocycles. The third-order valence-electron chi connectivity index (χ3n) is 3.66. The van der Waals surface area contributed by atoms with Crippen LogP contribution in [0.15, 0.2) is 35.8 Å². The second kappa shape index (κ2) is 7.77. The summed E-state index contributed by atoms with van der Waals surface area (Å²) in [6.45, 7) is 1.90. The van der Waals surface area contributed by atoms with Crippen molar-refractivity contribution in [2.45, 2.75) is 25.5 Å². The van der Waals surface area contributed by atoms with Gasteiger partial charge in [-0.1, -0.05) is 17.7 Å². The van der Waals surface area contributed by atoms with Gasteiger partial charge >= 0.3 is 6.03 Å². The predicted octanol–water partition coefficient (Wildman–Crippen LogP) is 4.01. The third kappa shape index (κ3) is 4.43. The normalized spacial score (nSPS) is 17.2. The van der Waals surface area contributed by atoms with Crippen LogP contribution in [0.4, 0.5) is 10.5 Å². The van der Waals surface area contributed by atoms with Crippen molar-refractivity contribution in [2.24, 2.45) is 0 Å². The first kappa shape index (κ1) is 16.2. The van der Waals surface area contributed by atoms with Gasteiger partial charge in [0.2, 0.25) is 0 Å². The number of aromatic nitrogens is 1. The molecule has 7 heteroatoms. The molecule has 122 valence electrons. The highest BCUT2D eigenvalue weighted by molar-refractivity contribution is 7.09. The minimum atomic E-state index is -0.191. The Morgan fingerprint density at radius 1 is 1.48 bits per heavy atom. The number of nitrogens with one attached hydrogen (secondary N) is 1. The number of carbonyl (C=O) groups excluding carboxylic acids is 1. The number of thiophene rings is 1. The Labute approximate surface area is 144 Å². The van der Waals surface area contributed by atoms with Gasteiger partial charge in [0.25, 0.3) is 0 Å². The lowest BCUT2D eigenvalue weighted by Gasteiger charge is -2.25. The Morgan fingerprint density at radius 3 is 3.09 bits per heavy atom. The molecule has 1 atom stereocenters. The largest absolute Gasteiger partial charge is 0.376 e. The SMILES string of the molecule is O=C(Nc1cccnc1Cl)N(Cc1cccs1)CC1CCCO1. The molecule has 1 fully saturated rings. The van der Waals surface area contributed by atoms with E-state index in [0.717, 1.165) is 24.3 Å². The van der Waals surface area contributed by atoms with Crippen LogP contribution in [0.5, 0.6) is 0 Å². The number of rotatable bonds is 5. The number of halogens is 1. The number of carbonyl (C=O) groups is 1. The summed E-state index contributed by atoms with van der Waals surface area (Å²) in [5.74, 6) is 0. The topological polar surface area (TPSA) is 54.5 Å². The van der Waals surface area contributed by atoms with Crippen LogP contribution in [0.3, 0.4) is 0 Å². The van der Waals surface area contributed by atoms with Gasteiger partial charge in [-0.2, -0.15) is 0 Å². The molecule has 0 radical (unpaired) electrons. The van der Waals surface area contributed by atoms with E-state index in [1.807, 2.05) is 17.5 Å². The van der Waals surface area contributed by atoms with Gasteiger partial charge in [0, 0.05) is 24.2 Å². The highest BCUT2D eigenvalue weighted by Gasteiger charge is 2.23. The molecule has 5 nitrogen and oxygen atoms in total. The lowest BCUT2D eigenvalue weighted by molar-refractivity contribution is 0.0821. The van der Waals surface area contributed by atoms with Crippen molar-refractivity contribution in [3.63, 3.8) is 0 Å². The van der Waals surface area contributed by atoms with Gasteiger partial charge in [-0.05, 0) is 36.4 Å². The summed E-state index contributed by atoms with van der Waals surface area (Å²) >= 11 is 7.65. The van der Waals surface area contributed by atoms with Crippen molar-refractivity contribution in [1.82, 2.24) is 9.88 Å². The third-order valence-corrected chi connectivity index (χ3v) is 4.83. The molecule has 1 N–H and O–H groups in total. The molecule has 2 amide bonds. The highest BCUT2D eigenvalue weighted by atomic mass is 35.5. The fraction of sp³-hybridized carbons (Fsp3) is 0.375. The second-order valence-corrected chi connectivity index (χ2v) is 6.76. The number of ether oxygens (including phenoxy) is 1. The number of pyridine rings is 1. The van der Waals surface area contributed by atoms with E-state index >= 15 is 0 Å². The van der Waals surface area contributed by atoms with E-state index < -0.39 is 0 Å². The standard InChI is InChI=1S/C16H18ClN3O2S/c17-15-14(6-1-7-18-15)19-16(21)20(10-12-4-2-8-22-12)11-13-5-3-9-23-13/h1,3,5-7,9,12H,2,4,8,10-11H2,(H,19,21). The molecule has 1 saturated heterocycles. The highest BCUT2D eigenvalue weighted by Crippen LogP contribution is 2.21. The lowest BCUT2D eigenvalue weighted by atomic mass is 10.2. The van der Waals surface area contributed by atoms with Gasteiger partial charge < -0.3 is 15.0 Å². The monoisotopic (exact) mass is 351 g/mol. The van der Waals surface area contributed by atoms with Crippen LogP contribution in [0, 0.1) is 0 Å². The fourth-order valence-corrected chi connectivity index (χ4v) is 3.40. The van der Waals surface area contributed by atoms with Gasteiger partial charge in [-0.3, -0.25) is 0 Å². The summed E-state index contributed by atoms with van der Waals surface area (Å²) in [6, 6.07) is 7.30. The average Bonchev–Trinajstić information content (AvgIpc) is 3.22. The summed E-state index contributed by atoms with van der Waals surface area (Å²) < 4.78 is 5.67. The minimum Gasteiger partial charge on any atom is -0.376 e. The van der Waals surface area contributed by atoms with E-state index in [2.05, 4.69) is 10.3 Å². The van der Waals surface area contributed by atoms with E-state index in [4.69, 9.17) is 16.3 Å². The number of amides is 2. The fourth-order valence-electron chi connectivity index (χ4n) is 2.52. The molecule has 3 heterocycles. The van der Waals surface area contributed by atoms with Gasteiger partial charge in [0.15, 0.2) is 5.15 Å². The van der Waals surface area contributed by atoms with Crippen molar-refractivity contribution in [1.29, 1.82) is 0 Å². The van der Waals surface area contributed by atoms with Crippen LogP contribution in [0.2, 0.25) is 5.15 Å². The zero-order valence-corrected chi connectivity index (χ0v) is 14.1. The molecule has 23 heavy (non-hydrogen) atoms. The zero-order chi connectivity index (χ0) is 16.1. The Morgan fingerprint density at radius 2 is 2.39 bits per heavy atom. The van der Waals surface area contributed by atoms with Gasteiger partial charge in [0.1, 0.15) is 0 Å². The molecule has 2 aromatic heterocycles. The predicted molar refractivity (Wildman–Crippen MR) is 92.0 cm³/mol. The zero-order valence-electron chi connectivity index (χ0n) is 12.6. The van der Waals surface area contributed by atoms with Crippen LogP contribution in [-0.2, 0) is 11.3 Å². The second-order valence-electron chi connectivity index (χ2n) is 5.37. The number of hydrogen-bond donors (Lipinski definition) is 1. The van der Waals surface area contributed by atoms with Crippen molar-refractivity contribution in [3.05, 3.63) is 45.9 Å². The Bertz CT molecular complexity index is 645. The molecule has 1 aliphatic rings. The first-order valence-electron chi connectivity index (χ1n) is 7.53. The van der Waals surface area contributed by atoms with E-state index in [1.165, 1.54) is 0 Å². The summed E-state index contributed by atoms with van der Waals surface area (Å²) in [4.78, 5) is 19.5. The Hall–Kier alpha value is -1.63. The van der Waals surface area contributed by atoms with Crippen LogP contribution >= 0.6 is 22.9 Å². The Balaban J connectivity index is 1.70. The molecule has 0 bridgehead atoms. The first-order chi connectivity index (χ1) is 11.2. The summed E-state index contributed by atoms with van der Waals surface area (Å²) in [6.07, 6.45) is 3.73. The minimum absolute atomic E-state index is 0.102.